The van der Waals surface area contributed by atoms with Gasteiger partial charge < -0.3 is 19.3 Å². The van der Waals surface area contributed by atoms with E-state index in [1.165, 1.54) is 0 Å². The second-order valence-corrected chi connectivity index (χ2v) is 6.55. The zero-order valence-corrected chi connectivity index (χ0v) is 14.6. The van der Waals surface area contributed by atoms with E-state index in [4.69, 9.17) is 9.47 Å². The van der Waals surface area contributed by atoms with Gasteiger partial charge in [-0.05, 0) is 13.8 Å². The van der Waals surface area contributed by atoms with E-state index in [9.17, 15) is 4.79 Å². The molecule has 4 rings (SSSR count). The van der Waals surface area contributed by atoms with Crippen LogP contribution in [0.15, 0.2) is 12.1 Å². The van der Waals surface area contributed by atoms with Gasteiger partial charge >= 0.3 is 0 Å². The minimum absolute atomic E-state index is 0.0478. The largest absolute Gasteiger partial charge is 0.378 e. The lowest BCUT2D eigenvalue weighted by molar-refractivity contribution is -0.148. The van der Waals surface area contributed by atoms with Gasteiger partial charge in [0.25, 0.3) is 5.91 Å². The number of amides is 1. The average molecular weight is 345 g/mol. The number of anilines is 1. The molecular weight excluding hydrogens is 322 g/mol. The Bertz CT molecular complexity index is 784. The molecule has 8 nitrogen and oxygen atoms in total. The Labute approximate surface area is 146 Å². The molecule has 1 unspecified atom stereocenters. The highest BCUT2D eigenvalue weighted by Gasteiger charge is 2.32. The molecule has 2 aliphatic heterocycles. The predicted molar refractivity (Wildman–Crippen MR) is 91.8 cm³/mol. The van der Waals surface area contributed by atoms with Crippen LogP contribution in [0.2, 0.25) is 0 Å². The van der Waals surface area contributed by atoms with Crippen LogP contribution < -0.4 is 4.90 Å². The van der Waals surface area contributed by atoms with Crippen LogP contribution in [0.1, 0.15) is 11.4 Å². The zero-order valence-electron chi connectivity index (χ0n) is 14.6. The Hall–Kier alpha value is -2.19. The molecule has 8 heteroatoms. The molecule has 0 spiro atoms. The molecule has 0 aliphatic carbocycles. The van der Waals surface area contributed by atoms with Gasteiger partial charge in [-0.2, -0.15) is 9.61 Å². The molecule has 25 heavy (non-hydrogen) atoms. The number of hydrogen-bond acceptors (Lipinski definition) is 6. The van der Waals surface area contributed by atoms with E-state index in [1.807, 2.05) is 35.4 Å². The molecule has 2 saturated heterocycles. The van der Waals surface area contributed by atoms with Crippen LogP contribution in [0.4, 0.5) is 5.82 Å². The molecule has 0 bridgehead atoms. The van der Waals surface area contributed by atoms with Crippen LogP contribution in [-0.2, 0) is 14.3 Å². The summed E-state index contributed by atoms with van der Waals surface area (Å²) in [5.74, 6) is 1.00. The minimum atomic E-state index is -0.452. The summed E-state index contributed by atoms with van der Waals surface area (Å²) in [4.78, 5) is 21.3. The van der Waals surface area contributed by atoms with Gasteiger partial charge in [-0.3, -0.25) is 4.79 Å². The predicted octanol–water partition coefficient (Wildman–Crippen LogP) is 0.410. The molecule has 0 saturated carbocycles. The van der Waals surface area contributed by atoms with E-state index >= 15 is 0 Å². The van der Waals surface area contributed by atoms with Crippen LogP contribution in [0.5, 0.6) is 0 Å². The molecule has 0 N–H and O–H groups in total. The summed E-state index contributed by atoms with van der Waals surface area (Å²) in [6, 6.07) is 3.98. The monoisotopic (exact) mass is 345 g/mol. The Morgan fingerprint density at radius 2 is 1.92 bits per heavy atom. The van der Waals surface area contributed by atoms with E-state index in [2.05, 4.69) is 15.0 Å². The normalized spacial score (nSPS) is 21.8. The first-order valence-electron chi connectivity index (χ1n) is 8.69. The van der Waals surface area contributed by atoms with Gasteiger partial charge in [0.2, 0.25) is 0 Å². The SMILES string of the molecule is Cc1cc(N2CCOC(C(=O)N3CCOCC3)C2)n2nc(C)cc2n1. The number of nitrogens with zero attached hydrogens (tertiary/aromatic N) is 5. The van der Waals surface area contributed by atoms with Crippen LogP contribution in [0.25, 0.3) is 5.65 Å². The summed E-state index contributed by atoms with van der Waals surface area (Å²) in [5, 5.41) is 4.55. The summed E-state index contributed by atoms with van der Waals surface area (Å²) in [5.41, 5.74) is 2.69. The van der Waals surface area contributed by atoms with Crippen molar-refractivity contribution in [3.05, 3.63) is 23.5 Å². The molecule has 2 aliphatic rings. The van der Waals surface area contributed by atoms with E-state index in [0.29, 0.717) is 39.5 Å². The Morgan fingerprint density at radius 3 is 2.72 bits per heavy atom. The van der Waals surface area contributed by atoms with Crippen molar-refractivity contribution in [1.29, 1.82) is 0 Å². The lowest BCUT2D eigenvalue weighted by Gasteiger charge is -2.37. The molecule has 1 amide bonds. The number of rotatable bonds is 2. The summed E-state index contributed by atoms with van der Waals surface area (Å²) in [6.45, 7) is 8.16. The standard InChI is InChI=1S/C17H23N5O3/c1-12-10-16(22-15(18-12)9-13(2)19-22)21-5-8-25-14(11-21)17(23)20-3-6-24-7-4-20/h9-10,14H,3-8,11H2,1-2H3. The van der Waals surface area contributed by atoms with Crippen molar-refractivity contribution in [2.24, 2.45) is 0 Å². The van der Waals surface area contributed by atoms with E-state index in [1.54, 1.807) is 0 Å². The van der Waals surface area contributed by atoms with Crippen LogP contribution in [-0.4, -0.2) is 77.5 Å². The molecule has 4 heterocycles. The van der Waals surface area contributed by atoms with Crippen LogP contribution in [0, 0.1) is 13.8 Å². The fraction of sp³-hybridized carbons (Fsp3) is 0.588. The summed E-state index contributed by atoms with van der Waals surface area (Å²) in [7, 11) is 0. The van der Waals surface area contributed by atoms with Crippen molar-refractivity contribution in [2.75, 3.05) is 50.9 Å². The third-order valence-corrected chi connectivity index (χ3v) is 4.65. The molecular formula is C17H23N5O3. The lowest BCUT2D eigenvalue weighted by Crippen LogP contribution is -2.53. The van der Waals surface area contributed by atoms with Gasteiger partial charge in [-0.25, -0.2) is 4.98 Å². The number of fused-ring (bicyclic) bond motifs is 1. The summed E-state index contributed by atoms with van der Waals surface area (Å²) in [6.07, 6.45) is -0.452. The number of aryl methyl sites for hydroxylation is 2. The van der Waals surface area contributed by atoms with E-state index < -0.39 is 6.10 Å². The quantitative estimate of drug-likeness (QED) is 0.785. The van der Waals surface area contributed by atoms with E-state index in [0.717, 1.165) is 29.4 Å². The number of aromatic nitrogens is 3. The topological polar surface area (TPSA) is 72.2 Å². The molecule has 0 aromatic carbocycles. The number of carbonyl (C=O) groups is 1. The number of ether oxygens (including phenoxy) is 2. The van der Waals surface area contributed by atoms with Crippen molar-refractivity contribution in [3.8, 4) is 0 Å². The highest BCUT2D eigenvalue weighted by Crippen LogP contribution is 2.21. The fourth-order valence-electron chi connectivity index (χ4n) is 3.41. The Balaban J connectivity index is 1.58. The van der Waals surface area contributed by atoms with E-state index in [-0.39, 0.29) is 5.91 Å². The first kappa shape index (κ1) is 16.3. The second-order valence-electron chi connectivity index (χ2n) is 6.55. The molecule has 2 fully saturated rings. The number of hydrogen-bond donors (Lipinski definition) is 0. The molecule has 1 atom stereocenters. The highest BCUT2D eigenvalue weighted by molar-refractivity contribution is 5.82. The van der Waals surface area contributed by atoms with Crippen molar-refractivity contribution in [1.82, 2.24) is 19.5 Å². The smallest absolute Gasteiger partial charge is 0.253 e. The van der Waals surface area contributed by atoms with Gasteiger partial charge in [-0.15, -0.1) is 0 Å². The maximum atomic E-state index is 12.7. The summed E-state index contributed by atoms with van der Waals surface area (Å²) >= 11 is 0. The van der Waals surface area contributed by atoms with Crippen molar-refractivity contribution in [3.63, 3.8) is 0 Å². The molecule has 134 valence electrons. The Morgan fingerprint density at radius 1 is 1.12 bits per heavy atom. The van der Waals surface area contributed by atoms with Gasteiger partial charge in [0.1, 0.15) is 5.82 Å². The third kappa shape index (κ3) is 3.19. The first-order chi connectivity index (χ1) is 12.1. The van der Waals surface area contributed by atoms with Crippen molar-refractivity contribution < 1.29 is 14.3 Å². The maximum Gasteiger partial charge on any atom is 0.253 e. The van der Waals surface area contributed by atoms with Crippen molar-refractivity contribution >= 4 is 17.4 Å². The minimum Gasteiger partial charge on any atom is -0.378 e. The third-order valence-electron chi connectivity index (χ3n) is 4.65. The molecule has 2 aromatic rings. The summed E-state index contributed by atoms with van der Waals surface area (Å²) < 4.78 is 13.0. The lowest BCUT2D eigenvalue weighted by atomic mass is 10.2. The van der Waals surface area contributed by atoms with Gasteiger partial charge in [0.15, 0.2) is 11.8 Å². The number of carbonyl (C=O) groups excluding carboxylic acids is 1. The fourth-order valence-corrected chi connectivity index (χ4v) is 3.41. The van der Waals surface area contributed by atoms with Crippen LogP contribution in [0.3, 0.4) is 0 Å². The van der Waals surface area contributed by atoms with Crippen molar-refractivity contribution in [2.45, 2.75) is 20.0 Å². The molecule has 2 aromatic heterocycles. The van der Waals surface area contributed by atoms with Gasteiger partial charge in [-0.1, -0.05) is 0 Å². The first-order valence-corrected chi connectivity index (χ1v) is 8.69. The van der Waals surface area contributed by atoms with Gasteiger partial charge in [0, 0.05) is 37.5 Å². The average Bonchev–Trinajstić information content (AvgIpc) is 3.01. The molecule has 0 radical (unpaired) electrons. The highest BCUT2D eigenvalue weighted by atomic mass is 16.5. The maximum absolute atomic E-state index is 12.7. The zero-order chi connectivity index (χ0) is 17.4. The number of morpholine rings is 2. The van der Waals surface area contributed by atoms with Gasteiger partial charge in [0.05, 0.1) is 32.1 Å². The van der Waals surface area contributed by atoms with Crippen LogP contribution >= 0.6 is 0 Å². The Kier molecular flexibility index (Phi) is 4.30. The second kappa shape index (κ2) is 6.61.